The molecular weight excluding hydrogens is 430 g/mol. The summed E-state index contributed by atoms with van der Waals surface area (Å²) in [6.07, 6.45) is 4.83. The van der Waals surface area contributed by atoms with Crippen LogP contribution in [0.2, 0.25) is 0 Å². The highest BCUT2D eigenvalue weighted by Crippen LogP contribution is 2.40. The van der Waals surface area contributed by atoms with E-state index in [0.29, 0.717) is 17.1 Å². The molecule has 4 rings (SSSR count). The van der Waals surface area contributed by atoms with E-state index in [9.17, 15) is 9.59 Å². The summed E-state index contributed by atoms with van der Waals surface area (Å²) in [6, 6.07) is -0.277. The third-order valence-electron chi connectivity index (χ3n) is 5.62. The third-order valence-corrected chi connectivity index (χ3v) is 8.25. The lowest BCUT2D eigenvalue weighted by molar-refractivity contribution is 0.00702. The molecule has 0 saturated heterocycles. The SMILES string of the molecule is CCc1sc2c(c1CNC(=O)Nc1sc3c(c1C(=O)OC(C)(C)C)CCC3)CCNC2. The fourth-order valence-corrected chi connectivity index (χ4v) is 6.86. The van der Waals surface area contributed by atoms with Gasteiger partial charge in [0.05, 0.1) is 5.56 Å². The van der Waals surface area contributed by atoms with Gasteiger partial charge in [0.15, 0.2) is 0 Å². The van der Waals surface area contributed by atoms with Crippen LogP contribution in [0.5, 0.6) is 0 Å². The number of fused-ring (bicyclic) bond motifs is 2. The van der Waals surface area contributed by atoms with Crippen molar-refractivity contribution in [2.75, 3.05) is 11.9 Å². The zero-order valence-corrected chi connectivity index (χ0v) is 20.3. The second-order valence-corrected chi connectivity index (χ2v) is 11.4. The number of nitrogens with one attached hydrogen (secondary N) is 3. The summed E-state index contributed by atoms with van der Waals surface area (Å²) in [7, 11) is 0. The van der Waals surface area contributed by atoms with E-state index in [1.54, 1.807) is 0 Å². The fraction of sp³-hybridized carbons (Fsp3) is 0.565. The molecule has 0 radical (unpaired) electrons. The quantitative estimate of drug-likeness (QED) is 0.560. The van der Waals surface area contributed by atoms with E-state index in [1.807, 2.05) is 32.1 Å². The Morgan fingerprint density at radius 2 is 1.90 bits per heavy atom. The first-order valence-electron chi connectivity index (χ1n) is 11.0. The van der Waals surface area contributed by atoms with Gasteiger partial charge in [-0.05, 0) is 76.1 Å². The maximum atomic E-state index is 12.9. The minimum Gasteiger partial charge on any atom is -0.456 e. The Morgan fingerprint density at radius 3 is 2.65 bits per heavy atom. The monoisotopic (exact) mass is 461 g/mol. The van der Waals surface area contributed by atoms with Gasteiger partial charge < -0.3 is 15.4 Å². The van der Waals surface area contributed by atoms with Gasteiger partial charge >= 0.3 is 12.0 Å². The number of hydrogen-bond donors (Lipinski definition) is 3. The molecule has 6 nitrogen and oxygen atoms in total. The number of anilines is 1. The van der Waals surface area contributed by atoms with E-state index in [1.165, 1.54) is 37.1 Å². The maximum Gasteiger partial charge on any atom is 0.341 e. The van der Waals surface area contributed by atoms with E-state index in [4.69, 9.17) is 4.74 Å². The predicted molar refractivity (Wildman–Crippen MR) is 126 cm³/mol. The molecule has 3 heterocycles. The number of carbonyl (C=O) groups is 2. The van der Waals surface area contributed by atoms with E-state index in [0.717, 1.165) is 50.8 Å². The molecule has 1 aliphatic carbocycles. The van der Waals surface area contributed by atoms with Gasteiger partial charge in [0.2, 0.25) is 0 Å². The third kappa shape index (κ3) is 4.81. The van der Waals surface area contributed by atoms with Gasteiger partial charge in [0, 0.05) is 27.7 Å². The molecular formula is C23H31N3O3S2. The first-order valence-corrected chi connectivity index (χ1v) is 12.7. The standard InChI is InChI=1S/C23H31N3O3S2/c1-5-16-15(13-9-10-24-12-18(13)30-16)11-25-22(28)26-20-19(21(27)29-23(2,3)4)14-7-6-8-17(14)31-20/h24H,5-12H2,1-4H3,(H2,25,26,28). The molecule has 2 aromatic heterocycles. The minimum absolute atomic E-state index is 0.277. The maximum absolute atomic E-state index is 12.9. The van der Waals surface area contributed by atoms with Crippen molar-refractivity contribution in [3.8, 4) is 0 Å². The lowest BCUT2D eigenvalue weighted by Crippen LogP contribution is -2.30. The first kappa shape index (κ1) is 22.3. The van der Waals surface area contributed by atoms with Crippen LogP contribution >= 0.6 is 22.7 Å². The number of ether oxygens (including phenoxy) is 1. The molecule has 0 atom stereocenters. The Morgan fingerprint density at radius 1 is 1.10 bits per heavy atom. The molecule has 2 aliphatic rings. The lowest BCUT2D eigenvalue weighted by Gasteiger charge is -2.20. The molecule has 0 aromatic carbocycles. The van der Waals surface area contributed by atoms with Gasteiger partial charge in [-0.2, -0.15) is 0 Å². The Bertz CT molecular complexity index is 1000. The number of aryl methyl sites for hydroxylation is 2. The van der Waals surface area contributed by atoms with E-state index < -0.39 is 5.60 Å². The summed E-state index contributed by atoms with van der Waals surface area (Å²) < 4.78 is 5.63. The van der Waals surface area contributed by atoms with Gasteiger partial charge in [-0.3, -0.25) is 5.32 Å². The topological polar surface area (TPSA) is 79.5 Å². The van der Waals surface area contributed by atoms with Crippen LogP contribution in [0.3, 0.4) is 0 Å². The Hall–Kier alpha value is -1.90. The normalized spacial score (nSPS) is 15.4. The van der Waals surface area contributed by atoms with Gasteiger partial charge in [-0.1, -0.05) is 6.92 Å². The lowest BCUT2D eigenvalue weighted by atomic mass is 10.0. The zero-order chi connectivity index (χ0) is 22.2. The molecule has 0 fully saturated rings. The highest BCUT2D eigenvalue weighted by atomic mass is 32.1. The van der Waals surface area contributed by atoms with Gasteiger partial charge in [0.25, 0.3) is 0 Å². The second kappa shape index (κ2) is 8.92. The van der Waals surface area contributed by atoms with Crippen LogP contribution in [0.15, 0.2) is 0 Å². The van der Waals surface area contributed by atoms with Gasteiger partial charge in [-0.15, -0.1) is 22.7 Å². The van der Waals surface area contributed by atoms with E-state index in [-0.39, 0.29) is 12.0 Å². The van der Waals surface area contributed by atoms with Crippen LogP contribution in [0.1, 0.15) is 75.8 Å². The number of carbonyl (C=O) groups excluding carboxylic acids is 2. The predicted octanol–water partition coefficient (Wildman–Crippen LogP) is 4.78. The minimum atomic E-state index is -0.576. The van der Waals surface area contributed by atoms with Gasteiger partial charge in [-0.25, -0.2) is 9.59 Å². The molecule has 0 unspecified atom stereocenters. The summed E-state index contributed by atoms with van der Waals surface area (Å²) in [5, 5.41) is 10.00. The number of esters is 1. The summed E-state index contributed by atoms with van der Waals surface area (Å²) in [5.74, 6) is -0.352. The largest absolute Gasteiger partial charge is 0.456 e. The van der Waals surface area contributed by atoms with Crippen molar-refractivity contribution in [2.24, 2.45) is 0 Å². The van der Waals surface area contributed by atoms with E-state index >= 15 is 0 Å². The van der Waals surface area contributed by atoms with Crippen molar-refractivity contribution in [1.82, 2.24) is 10.6 Å². The molecule has 8 heteroatoms. The van der Waals surface area contributed by atoms with Crippen LogP contribution in [0.4, 0.5) is 9.80 Å². The molecule has 1 aliphatic heterocycles. The summed E-state index contributed by atoms with van der Waals surface area (Å²) >= 11 is 3.36. The number of amides is 2. The molecule has 168 valence electrons. The molecule has 31 heavy (non-hydrogen) atoms. The zero-order valence-electron chi connectivity index (χ0n) is 18.7. The van der Waals surface area contributed by atoms with Crippen LogP contribution in [0, 0.1) is 0 Å². The van der Waals surface area contributed by atoms with Gasteiger partial charge in [0.1, 0.15) is 10.6 Å². The van der Waals surface area contributed by atoms with Crippen LogP contribution in [-0.4, -0.2) is 24.1 Å². The highest BCUT2D eigenvalue weighted by Gasteiger charge is 2.30. The number of thiophene rings is 2. The van der Waals surface area contributed by atoms with Crippen molar-refractivity contribution in [1.29, 1.82) is 0 Å². The van der Waals surface area contributed by atoms with Crippen molar-refractivity contribution < 1.29 is 14.3 Å². The molecule has 0 bridgehead atoms. The first-order chi connectivity index (χ1) is 14.8. The molecule has 3 N–H and O–H groups in total. The van der Waals surface area contributed by atoms with Crippen LogP contribution in [-0.2, 0) is 43.5 Å². The van der Waals surface area contributed by atoms with Crippen molar-refractivity contribution in [3.05, 3.63) is 36.9 Å². The van der Waals surface area contributed by atoms with Crippen LogP contribution in [0.25, 0.3) is 0 Å². The molecule has 0 saturated carbocycles. The average molecular weight is 462 g/mol. The number of urea groups is 1. The summed E-state index contributed by atoms with van der Waals surface area (Å²) in [4.78, 5) is 29.6. The number of hydrogen-bond acceptors (Lipinski definition) is 6. The van der Waals surface area contributed by atoms with Crippen molar-refractivity contribution >= 4 is 39.7 Å². The van der Waals surface area contributed by atoms with Crippen LogP contribution < -0.4 is 16.0 Å². The smallest absolute Gasteiger partial charge is 0.341 e. The Balaban J connectivity index is 1.49. The second-order valence-electron chi connectivity index (χ2n) is 9.06. The van der Waals surface area contributed by atoms with Crippen molar-refractivity contribution in [3.63, 3.8) is 0 Å². The summed E-state index contributed by atoms with van der Waals surface area (Å²) in [5.41, 5.74) is 3.66. The molecule has 0 spiro atoms. The Labute approximate surface area is 191 Å². The fourth-order valence-electron chi connectivity index (χ4n) is 4.30. The number of rotatable bonds is 5. The average Bonchev–Trinajstić information content (AvgIpc) is 3.36. The van der Waals surface area contributed by atoms with Crippen molar-refractivity contribution in [2.45, 2.75) is 78.5 Å². The Kier molecular flexibility index (Phi) is 6.42. The highest BCUT2D eigenvalue weighted by molar-refractivity contribution is 7.17. The summed E-state index contributed by atoms with van der Waals surface area (Å²) in [6.45, 7) is 10.1. The van der Waals surface area contributed by atoms with E-state index in [2.05, 4.69) is 22.9 Å². The molecule has 2 aromatic rings. The molecule has 2 amide bonds.